The van der Waals surface area contributed by atoms with Crippen LogP contribution in [0.25, 0.3) is 55.7 Å². The molecule has 204 valence electrons. The molecule has 0 saturated heterocycles. The predicted octanol–water partition coefficient (Wildman–Crippen LogP) is 10.3. The second-order valence-electron chi connectivity index (χ2n) is 9.81. The van der Waals surface area contributed by atoms with Crippen molar-refractivity contribution in [2.45, 2.75) is 17.8 Å². The number of hydrogen-bond donors (Lipinski definition) is 0. The molecular weight excluding hydrogens is 542 g/mol. The van der Waals surface area contributed by atoms with Crippen molar-refractivity contribution in [2.24, 2.45) is 0 Å². The van der Waals surface area contributed by atoms with E-state index in [9.17, 15) is 0 Å². The van der Waals surface area contributed by atoms with Crippen LogP contribution in [0.15, 0.2) is 118 Å². The van der Waals surface area contributed by atoms with Crippen molar-refractivity contribution in [3.63, 3.8) is 0 Å². The van der Waals surface area contributed by atoms with Gasteiger partial charge in [-0.3, -0.25) is 0 Å². The normalized spacial score (nSPS) is 17.5. The summed E-state index contributed by atoms with van der Waals surface area (Å²) in [6.07, 6.45) is 0. The van der Waals surface area contributed by atoms with Crippen molar-refractivity contribution >= 4 is 33.1 Å². The zero-order chi connectivity index (χ0) is 28.6. The summed E-state index contributed by atoms with van der Waals surface area (Å²) in [5.41, 5.74) is -3.34. The first-order chi connectivity index (χ1) is 19.6. The Balaban J connectivity index is 1.70. The molecule has 7 rings (SSSR count). The van der Waals surface area contributed by atoms with Gasteiger partial charge in [0.1, 0.15) is 22.7 Å². The van der Waals surface area contributed by atoms with E-state index < -0.39 is 40.0 Å². The number of alkyl halides is 6. The van der Waals surface area contributed by atoms with Gasteiger partial charge in [-0.1, -0.05) is 97.1 Å². The van der Waals surface area contributed by atoms with Crippen LogP contribution >= 0.6 is 0 Å². The Kier molecular flexibility index (Phi) is 5.32. The molecule has 8 heteroatoms. The molecule has 2 heterocycles. The minimum atomic E-state index is -5.76. The van der Waals surface area contributed by atoms with Gasteiger partial charge in [0.05, 0.1) is 0 Å². The Morgan fingerprint density at radius 1 is 0.415 bits per heavy atom. The van der Waals surface area contributed by atoms with Gasteiger partial charge in [-0.05, 0) is 12.1 Å². The summed E-state index contributed by atoms with van der Waals surface area (Å²) >= 11 is 0. The van der Waals surface area contributed by atoms with Crippen molar-refractivity contribution in [1.29, 1.82) is 0 Å². The maximum Gasteiger partial charge on any atom is 0.380 e. The van der Waals surface area contributed by atoms with Gasteiger partial charge in [0.25, 0.3) is 0 Å². The Morgan fingerprint density at radius 3 is 1.15 bits per heavy atom. The number of benzene rings is 4. The molecule has 2 nitrogen and oxygen atoms in total. The van der Waals surface area contributed by atoms with Crippen LogP contribution in [-0.2, 0) is 0 Å². The molecule has 2 aromatic heterocycles. The van der Waals surface area contributed by atoms with E-state index in [0.717, 1.165) is 0 Å². The molecular formula is C33H18F6O2. The molecule has 1 aliphatic rings. The summed E-state index contributed by atoms with van der Waals surface area (Å²) < 4.78 is 107. The molecule has 4 aromatic carbocycles. The summed E-state index contributed by atoms with van der Waals surface area (Å²) in [6, 6.07) is 27.8. The van der Waals surface area contributed by atoms with Gasteiger partial charge in [-0.2, -0.15) is 26.3 Å². The number of allylic oxidation sites excluding steroid dienone is 2. The number of furan rings is 2. The molecule has 6 aromatic rings. The Bertz CT molecular complexity index is 1830. The van der Waals surface area contributed by atoms with Crippen LogP contribution < -0.4 is 0 Å². The molecule has 0 amide bonds. The smallest absolute Gasteiger partial charge is 0.380 e. The highest BCUT2D eigenvalue weighted by Crippen LogP contribution is 2.67. The average molecular weight is 560 g/mol. The van der Waals surface area contributed by atoms with Crippen molar-refractivity contribution in [2.75, 3.05) is 0 Å². The van der Waals surface area contributed by atoms with E-state index in [-0.39, 0.29) is 44.6 Å². The standard InChI is InChI=1S/C33H18F6O2/c34-31(35)27(25-21-15-7-9-17-23(21)40-29(25)19-11-3-1-4-12-19)28(32(36,37)33(31,38)39)26-22-16-8-10-18-24(22)41-30(26)20-13-5-2-6-14-20/h1-18H. The van der Waals surface area contributed by atoms with Gasteiger partial charge >= 0.3 is 17.8 Å². The zero-order valence-corrected chi connectivity index (χ0v) is 21.0. The second-order valence-corrected chi connectivity index (χ2v) is 9.81. The summed E-state index contributed by atoms with van der Waals surface area (Å²) in [7, 11) is 0. The molecule has 0 aliphatic heterocycles. The van der Waals surface area contributed by atoms with Crippen LogP contribution in [0, 0.1) is 0 Å². The first-order valence-electron chi connectivity index (χ1n) is 12.7. The van der Waals surface area contributed by atoms with Crippen LogP contribution in [0.2, 0.25) is 0 Å². The average Bonchev–Trinajstić information content (AvgIpc) is 3.57. The lowest BCUT2D eigenvalue weighted by Crippen LogP contribution is -2.48. The second kappa shape index (κ2) is 8.64. The maximum absolute atomic E-state index is 16.1. The predicted molar refractivity (Wildman–Crippen MR) is 145 cm³/mol. The van der Waals surface area contributed by atoms with E-state index in [1.165, 1.54) is 60.7 Å². The molecule has 1 aliphatic carbocycles. The van der Waals surface area contributed by atoms with Gasteiger partial charge in [-0.15, -0.1) is 0 Å². The third-order valence-electron chi connectivity index (χ3n) is 7.43. The quantitative estimate of drug-likeness (QED) is 0.201. The number of fused-ring (bicyclic) bond motifs is 2. The van der Waals surface area contributed by atoms with E-state index in [4.69, 9.17) is 8.83 Å². The molecule has 41 heavy (non-hydrogen) atoms. The molecule has 0 saturated carbocycles. The fourth-order valence-corrected chi connectivity index (χ4v) is 5.56. The molecule has 0 bridgehead atoms. The number of halogens is 6. The van der Waals surface area contributed by atoms with E-state index in [1.54, 1.807) is 48.5 Å². The monoisotopic (exact) mass is 560 g/mol. The molecule has 0 fully saturated rings. The topological polar surface area (TPSA) is 26.3 Å². The number of hydrogen-bond acceptors (Lipinski definition) is 2. The van der Waals surface area contributed by atoms with Crippen LogP contribution in [0.4, 0.5) is 26.3 Å². The zero-order valence-electron chi connectivity index (χ0n) is 21.0. The van der Waals surface area contributed by atoms with Gasteiger partial charge < -0.3 is 8.83 Å². The molecule has 0 atom stereocenters. The largest absolute Gasteiger partial charge is 0.455 e. The highest BCUT2D eigenvalue weighted by Gasteiger charge is 2.81. The number of para-hydroxylation sites is 2. The van der Waals surface area contributed by atoms with Gasteiger partial charge in [0.2, 0.25) is 0 Å². The Morgan fingerprint density at radius 2 is 0.756 bits per heavy atom. The summed E-state index contributed by atoms with van der Waals surface area (Å²) in [5, 5.41) is 0.00202. The lowest BCUT2D eigenvalue weighted by Gasteiger charge is -2.26. The minimum absolute atomic E-state index is 0.00101. The summed E-state index contributed by atoms with van der Waals surface area (Å²) in [4.78, 5) is 0. The SMILES string of the molecule is FC1(F)C(c2c(-c3ccccc3)oc3ccccc23)=C(c2c(-c3ccccc3)oc3ccccc23)C(F)(F)C1(F)F. The lowest BCUT2D eigenvalue weighted by molar-refractivity contribution is -0.254. The van der Waals surface area contributed by atoms with Crippen LogP contribution in [0.1, 0.15) is 11.1 Å². The Hall–Kier alpha value is -4.72. The highest BCUT2D eigenvalue weighted by molar-refractivity contribution is 6.15. The fraction of sp³-hybridized carbons (Fsp3) is 0.0909. The summed E-state index contributed by atoms with van der Waals surface area (Å²) in [6.45, 7) is 0. The lowest BCUT2D eigenvalue weighted by atomic mass is 9.89. The maximum atomic E-state index is 16.1. The van der Waals surface area contributed by atoms with E-state index in [2.05, 4.69) is 0 Å². The summed E-state index contributed by atoms with van der Waals surface area (Å²) in [5.74, 6) is -16.8. The van der Waals surface area contributed by atoms with E-state index in [1.807, 2.05) is 0 Å². The minimum Gasteiger partial charge on any atom is -0.455 e. The highest BCUT2D eigenvalue weighted by atomic mass is 19.3. The molecule has 0 N–H and O–H groups in total. The van der Waals surface area contributed by atoms with Crippen LogP contribution in [0.3, 0.4) is 0 Å². The van der Waals surface area contributed by atoms with Gasteiger partial charge in [0, 0.05) is 44.2 Å². The van der Waals surface area contributed by atoms with Crippen molar-refractivity contribution in [1.82, 2.24) is 0 Å². The first-order valence-corrected chi connectivity index (χ1v) is 12.7. The van der Waals surface area contributed by atoms with Gasteiger partial charge in [0.15, 0.2) is 0 Å². The molecule has 0 radical (unpaired) electrons. The molecule has 0 spiro atoms. The van der Waals surface area contributed by atoms with E-state index in [0.29, 0.717) is 0 Å². The van der Waals surface area contributed by atoms with Crippen molar-refractivity contribution in [3.8, 4) is 22.6 Å². The third-order valence-corrected chi connectivity index (χ3v) is 7.43. The first kappa shape index (κ1) is 25.3. The Labute approximate surface area is 229 Å². The van der Waals surface area contributed by atoms with Crippen LogP contribution in [0.5, 0.6) is 0 Å². The number of rotatable bonds is 4. The third kappa shape index (κ3) is 3.40. The van der Waals surface area contributed by atoms with Gasteiger partial charge in [-0.25, -0.2) is 0 Å². The molecule has 0 unspecified atom stereocenters. The van der Waals surface area contributed by atoms with Crippen LogP contribution in [-0.4, -0.2) is 17.8 Å². The van der Waals surface area contributed by atoms with E-state index >= 15 is 26.3 Å². The van der Waals surface area contributed by atoms with Crippen molar-refractivity contribution in [3.05, 3.63) is 120 Å². The van der Waals surface area contributed by atoms with Crippen molar-refractivity contribution < 1.29 is 35.2 Å². The fourth-order valence-electron chi connectivity index (χ4n) is 5.56.